The van der Waals surface area contributed by atoms with Crippen LogP contribution in [0.5, 0.6) is 0 Å². The van der Waals surface area contributed by atoms with Crippen LogP contribution in [0.2, 0.25) is 0 Å². The summed E-state index contributed by atoms with van der Waals surface area (Å²) in [7, 11) is 0. The van der Waals surface area contributed by atoms with E-state index in [2.05, 4.69) is 74.5 Å². The predicted octanol–water partition coefficient (Wildman–Crippen LogP) is 5.53. The topological polar surface area (TPSA) is 9.23 Å². The molecule has 0 spiro atoms. The molecule has 0 N–H and O–H groups in total. The highest BCUT2D eigenvalue weighted by Gasteiger charge is 2.36. The van der Waals surface area contributed by atoms with Crippen molar-refractivity contribution in [2.75, 3.05) is 0 Å². The van der Waals surface area contributed by atoms with Crippen molar-refractivity contribution in [2.24, 2.45) is 0 Å². The zero-order valence-corrected chi connectivity index (χ0v) is 13.6. The van der Waals surface area contributed by atoms with Crippen LogP contribution in [0.15, 0.2) is 60.7 Å². The van der Waals surface area contributed by atoms with Gasteiger partial charge in [0.15, 0.2) is 0 Å². The van der Waals surface area contributed by atoms with Gasteiger partial charge in [-0.05, 0) is 37.8 Å². The molecule has 0 aliphatic heterocycles. The van der Waals surface area contributed by atoms with Gasteiger partial charge < -0.3 is 4.74 Å². The number of ether oxygens (including phenoxy) is 1. The number of benzene rings is 2. The summed E-state index contributed by atoms with van der Waals surface area (Å²) < 4.78 is 6.43. The Labute approximate surface area is 134 Å². The molecule has 3 rings (SSSR count). The van der Waals surface area contributed by atoms with Crippen LogP contribution in [0, 0.1) is 0 Å². The first-order valence-electron chi connectivity index (χ1n) is 8.51. The molecular formula is C21H26O. The Morgan fingerprint density at radius 2 is 1.23 bits per heavy atom. The van der Waals surface area contributed by atoms with Gasteiger partial charge in [-0.2, -0.15) is 0 Å². The van der Waals surface area contributed by atoms with Gasteiger partial charge in [0.25, 0.3) is 0 Å². The standard InChI is InChI=1S/C21H26O/c1-16(2)22-21-19(17-10-5-3-6-11-17)14-9-15-20(21)18-12-7-4-8-13-18/h3-8,10-13,16,19-21H,9,14-15H2,1-2H3. The lowest BCUT2D eigenvalue weighted by Gasteiger charge is -2.39. The monoisotopic (exact) mass is 294 g/mol. The fourth-order valence-corrected chi connectivity index (χ4v) is 3.78. The Morgan fingerprint density at radius 1 is 0.773 bits per heavy atom. The van der Waals surface area contributed by atoms with Crippen LogP contribution in [0.1, 0.15) is 56.1 Å². The van der Waals surface area contributed by atoms with Gasteiger partial charge in [-0.3, -0.25) is 0 Å². The van der Waals surface area contributed by atoms with Crippen LogP contribution in [0.3, 0.4) is 0 Å². The van der Waals surface area contributed by atoms with Crippen LogP contribution in [0.25, 0.3) is 0 Å². The second kappa shape index (κ2) is 7.11. The van der Waals surface area contributed by atoms with Crippen LogP contribution in [-0.4, -0.2) is 12.2 Å². The molecule has 22 heavy (non-hydrogen) atoms. The van der Waals surface area contributed by atoms with Crippen LogP contribution >= 0.6 is 0 Å². The van der Waals surface area contributed by atoms with Gasteiger partial charge in [0.2, 0.25) is 0 Å². The van der Waals surface area contributed by atoms with Crippen molar-refractivity contribution in [1.82, 2.24) is 0 Å². The molecule has 0 saturated heterocycles. The first-order valence-corrected chi connectivity index (χ1v) is 8.51. The summed E-state index contributed by atoms with van der Waals surface area (Å²) in [6, 6.07) is 21.8. The fourth-order valence-electron chi connectivity index (χ4n) is 3.78. The van der Waals surface area contributed by atoms with E-state index in [1.54, 1.807) is 0 Å². The summed E-state index contributed by atoms with van der Waals surface area (Å²) in [5.41, 5.74) is 2.85. The number of hydrogen-bond donors (Lipinski definition) is 0. The van der Waals surface area contributed by atoms with Crippen molar-refractivity contribution >= 4 is 0 Å². The molecule has 0 heterocycles. The van der Waals surface area contributed by atoms with Gasteiger partial charge in [-0.1, -0.05) is 67.1 Å². The van der Waals surface area contributed by atoms with E-state index >= 15 is 0 Å². The molecule has 116 valence electrons. The number of hydrogen-bond acceptors (Lipinski definition) is 1. The fraction of sp³-hybridized carbons (Fsp3) is 0.429. The van der Waals surface area contributed by atoms with Crippen LogP contribution in [-0.2, 0) is 4.74 Å². The van der Waals surface area contributed by atoms with Crippen LogP contribution in [0.4, 0.5) is 0 Å². The summed E-state index contributed by atoms with van der Waals surface area (Å²) in [6.45, 7) is 4.30. The molecule has 1 saturated carbocycles. The second-order valence-electron chi connectivity index (χ2n) is 6.61. The minimum Gasteiger partial charge on any atom is -0.374 e. The molecule has 0 aromatic heterocycles. The van der Waals surface area contributed by atoms with E-state index in [1.165, 1.54) is 30.4 Å². The predicted molar refractivity (Wildman–Crippen MR) is 92.2 cm³/mol. The van der Waals surface area contributed by atoms with Crippen molar-refractivity contribution < 1.29 is 4.74 Å². The summed E-state index contributed by atoms with van der Waals surface area (Å²) in [4.78, 5) is 0. The van der Waals surface area contributed by atoms with Crippen molar-refractivity contribution in [2.45, 2.75) is 57.2 Å². The lowest BCUT2D eigenvalue weighted by molar-refractivity contribution is -0.0376. The largest absolute Gasteiger partial charge is 0.374 e. The first kappa shape index (κ1) is 15.3. The quantitative estimate of drug-likeness (QED) is 0.720. The average molecular weight is 294 g/mol. The summed E-state index contributed by atoms with van der Waals surface area (Å²) in [5, 5.41) is 0. The Bertz CT molecular complexity index is 513. The third kappa shape index (κ3) is 3.41. The molecule has 0 radical (unpaired) electrons. The minimum atomic E-state index is 0.264. The molecule has 1 nitrogen and oxygen atoms in total. The average Bonchev–Trinajstić information content (AvgIpc) is 2.56. The summed E-state index contributed by atoms with van der Waals surface area (Å²) in [6.07, 6.45) is 4.27. The van der Waals surface area contributed by atoms with Crippen molar-refractivity contribution in [3.05, 3.63) is 71.8 Å². The normalized spacial score (nSPS) is 25.3. The molecule has 2 aromatic carbocycles. The van der Waals surface area contributed by atoms with E-state index in [0.717, 1.165) is 0 Å². The van der Waals surface area contributed by atoms with Crippen molar-refractivity contribution in [3.8, 4) is 0 Å². The molecule has 2 unspecified atom stereocenters. The summed E-state index contributed by atoms with van der Waals surface area (Å²) in [5.74, 6) is 1.00. The van der Waals surface area contributed by atoms with Gasteiger partial charge in [0.05, 0.1) is 12.2 Å². The molecule has 1 fully saturated rings. The zero-order chi connectivity index (χ0) is 15.4. The molecule has 1 aliphatic rings. The molecule has 1 heteroatoms. The van der Waals surface area contributed by atoms with Crippen molar-refractivity contribution in [1.29, 1.82) is 0 Å². The number of rotatable bonds is 4. The molecule has 0 bridgehead atoms. The van der Waals surface area contributed by atoms with E-state index in [1.807, 2.05) is 0 Å². The lowest BCUT2D eigenvalue weighted by atomic mass is 9.72. The lowest BCUT2D eigenvalue weighted by Crippen LogP contribution is -2.35. The molecule has 2 aromatic rings. The van der Waals surface area contributed by atoms with Gasteiger partial charge >= 0.3 is 0 Å². The van der Waals surface area contributed by atoms with Crippen molar-refractivity contribution in [3.63, 3.8) is 0 Å². The summed E-state index contributed by atoms with van der Waals surface area (Å²) >= 11 is 0. The van der Waals surface area contributed by atoms with E-state index < -0.39 is 0 Å². The third-order valence-electron chi connectivity index (χ3n) is 4.71. The van der Waals surface area contributed by atoms with Gasteiger partial charge in [0, 0.05) is 11.8 Å². The molecule has 0 amide bonds. The highest BCUT2D eigenvalue weighted by Crippen LogP contribution is 2.43. The third-order valence-corrected chi connectivity index (χ3v) is 4.71. The first-order chi connectivity index (χ1) is 10.8. The molecular weight excluding hydrogens is 268 g/mol. The SMILES string of the molecule is CC(C)OC1C(c2ccccc2)CCCC1c1ccccc1. The Balaban J connectivity index is 1.92. The van der Waals surface area contributed by atoms with E-state index in [9.17, 15) is 0 Å². The second-order valence-corrected chi connectivity index (χ2v) is 6.61. The van der Waals surface area contributed by atoms with Gasteiger partial charge in [-0.15, -0.1) is 0 Å². The van der Waals surface area contributed by atoms with Crippen LogP contribution < -0.4 is 0 Å². The smallest absolute Gasteiger partial charge is 0.0715 e. The highest BCUT2D eigenvalue weighted by molar-refractivity contribution is 5.27. The van der Waals surface area contributed by atoms with E-state index in [0.29, 0.717) is 11.8 Å². The maximum atomic E-state index is 6.43. The maximum Gasteiger partial charge on any atom is 0.0715 e. The van der Waals surface area contributed by atoms with E-state index in [-0.39, 0.29) is 12.2 Å². The minimum absolute atomic E-state index is 0.264. The zero-order valence-electron chi connectivity index (χ0n) is 13.6. The molecule has 2 atom stereocenters. The molecule has 1 aliphatic carbocycles. The highest BCUT2D eigenvalue weighted by atomic mass is 16.5. The Morgan fingerprint density at radius 3 is 1.64 bits per heavy atom. The Kier molecular flexibility index (Phi) is 4.94. The Hall–Kier alpha value is -1.60. The van der Waals surface area contributed by atoms with E-state index in [4.69, 9.17) is 4.74 Å². The van der Waals surface area contributed by atoms with Gasteiger partial charge in [0.1, 0.15) is 0 Å². The maximum absolute atomic E-state index is 6.43. The van der Waals surface area contributed by atoms with Gasteiger partial charge in [-0.25, -0.2) is 0 Å².